The van der Waals surface area contributed by atoms with Crippen LogP contribution < -0.4 is 10.6 Å². The summed E-state index contributed by atoms with van der Waals surface area (Å²) in [5, 5.41) is 5.54. The van der Waals surface area contributed by atoms with Crippen LogP contribution in [0.1, 0.15) is 38.8 Å². The molecule has 0 radical (unpaired) electrons. The van der Waals surface area contributed by atoms with Gasteiger partial charge in [-0.05, 0) is 38.8 Å². The molecule has 0 saturated heterocycles. The van der Waals surface area contributed by atoms with Gasteiger partial charge in [0.05, 0.1) is 11.1 Å². The van der Waals surface area contributed by atoms with Crippen LogP contribution >= 0.6 is 0 Å². The molecule has 0 atom stereocenters. The highest BCUT2D eigenvalue weighted by Crippen LogP contribution is 2.24. The minimum Gasteiger partial charge on any atom is -0.350 e. The lowest BCUT2D eigenvalue weighted by atomic mass is 9.89. The van der Waals surface area contributed by atoms with Gasteiger partial charge in [0.25, 0.3) is 0 Å². The molecule has 2 N–H and O–H groups in total. The highest BCUT2D eigenvalue weighted by Gasteiger charge is 2.22. The molecule has 0 saturated carbocycles. The molecular formula is C14H20N2O2. The maximum absolute atomic E-state index is 10.5. The first-order valence-corrected chi connectivity index (χ1v) is 5.87. The van der Waals surface area contributed by atoms with Crippen LogP contribution in [0.5, 0.6) is 0 Å². The zero-order chi connectivity index (χ0) is 13.8. The minimum atomic E-state index is -0.400. The van der Waals surface area contributed by atoms with E-state index in [2.05, 4.69) is 10.6 Å². The zero-order valence-corrected chi connectivity index (χ0v) is 11.3. The average Bonchev–Trinajstić information content (AvgIpc) is 2.29. The number of hydrogen-bond acceptors (Lipinski definition) is 2. The van der Waals surface area contributed by atoms with Crippen molar-refractivity contribution in [2.45, 2.75) is 38.8 Å². The molecule has 0 heterocycles. The summed E-state index contributed by atoms with van der Waals surface area (Å²) in [4.78, 5) is 21.1. The van der Waals surface area contributed by atoms with Crippen molar-refractivity contribution in [1.29, 1.82) is 0 Å². The lowest BCUT2D eigenvalue weighted by Gasteiger charge is -2.28. The quantitative estimate of drug-likeness (QED) is 0.752. The molecule has 1 aromatic rings. The Morgan fingerprint density at radius 1 is 0.778 bits per heavy atom. The van der Waals surface area contributed by atoms with Gasteiger partial charge in [-0.1, -0.05) is 24.3 Å². The molecular weight excluding hydrogens is 228 g/mol. The Bertz CT molecular complexity index is 381. The van der Waals surface area contributed by atoms with Gasteiger partial charge in [-0.15, -0.1) is 0 Å². The Morgan fingerprint density at radius 2 is 1.06 bits per heavy atom. The van der Waals surface area contributed by atoms with Crippen molar-refractivity contribution >= 4 is 12.8 Å². The molecule has 0 aliphatic heterocycles. The van der Waals surface area contributed by atoms with Gasteiger partial charge in [0.15, 0.2) is 0 Å². The lowest BCUT2D eigenvalue weighted by Crippen LogP contribution is -2.37. The monoisotopic (exact) mass is 248 g/mol. The maximum atomic E-state index is 10.5. The molecule has 0 aromatic heterocycles. The summed E-state index contributed by atoms with van der Waals surface area (Å²) in [5.74, 6) is 0. The van der Waals surface area contributed by atoms with Gasteiger partial charge in [-0.2, -0.15) is 0 Å². The van der Waals surface area contributed by atoms with Gasteiger partial charge >= 0.3 is 0 Å². The van der Waals surface area contributed by atoms with Crippen molar-refractivity contribution in [2.75, 3.05) is 0 Å². The Hall–Kier alpha value is -1.84. The summed E-state index contributed by atoms with van der Waals surface area (Å²) < 4.78 is 0. The fourth-order valence-corrected chi connectivity index (χ4v) is 1.76. The summed E-state index contributed by atoms with van der Waals surface area (Å²) >= 11 is 0. The van der Waals surface area contributed by atoms with Gasteiger partial charge in [-0.25, -0.2) is 0 Å². The van der Waals surface area contributed by atoms with Crippen molar-refractivity contribution in [3.8, 4) is 0 Å². The number of nitrogens with one attached hydrogen (secondary N) is 2. The molecule has 1 rings (SSSR count). The first kappa shape index (κ1) is 14.2. The fraction of sp³-hybridized carbons (Fsp3) is 0.429. The van der Waals surface area contributed by atoms with Gasteiger partial charge in [0, 0.05) is 0 Å². The maximum Gasteiger partial charge on any atom is 0.207 e. The molecule has 2 amide bonds. The first-order valence-electron chi connectivity index (χ1n) is 5.87. The summed E-state index contributed by atoms with van der Waals surface area (Å²) in [5.41, 5.74) is 1.23. The predicted molar refractivity (Wildman–Crippen MR) is 70.9 cm³/mol. The third-order valence-corrected chi connectivity index (χ3v) is 3.17. The third kappa shape index (κ3) is 3.09. The van der Waals surface area contributed by atoms with Crippen LogP contribution in [-0.2, 0) is 20.7 Å². The van der Waals surface area contributed by atoms with Crippen molar-refractivity contribution < 1.29 is 9.59 Å². The van der Waals surface area contributed by atoms with E-state index in [9.17, 15) is 9.59 Å². The molecule has 0 unspecified atom stereocenters. The second kappa shape index (κ2) is 5.21. The zero-order valence-electron chi connectivity index (χ0n) is 11.3. The molecule has 1 aromatic carbocycles. The van der Waals surface area contributed by atoms with Crippen molar-refractivity contribution in [3.05, 3.63) is 35.4 Å². The van der Waals surface area contributed by atoms with E-state index in [1.807, 2.05) is 52.0 Å². The summed E-state index contributed by atoms with van der Waals surface area (Å²) in [6.07, 6.45) is 1.40. The number of carbonyl (C=O) groups is 2. The predicted octanol–water partition coefficient (Wildman–Crippen LogP) is 1.65. The number of carbonyl (C=O) groups excluding carboxylic acids is 2. The molecule has 0 spiro atoms. The van der Waals surface area contributed by atoms with Gasteiger partial charge in [0.2, 0.25) is 12.8 Å². The molecule has 0 aliphatic carbocycles. The molecule has 4 nitrogen and oxygen atoms in total. The highest BCUT2D eigenvalue weighted by atomic mass is 16.1. The van der Waals surface area contributed by atoms with E-state index in [4.69, 9.17) is 0 Å². The van der Waals surface area contributed by atoms with E-state index in [-0.39, 0.29) is 0 Å². The number of rotatable bonds is 6. The topological polar surface area (TPSA) is 58.2 Å². The number of hydrogen-bond donors (Lipinski definition) is 2. The van der Waals surface area contributed by atoms with E-state index in [1.54, 1.807) is 0 Å². The van der Waals surface area contributed by atoms with Crippen molar-refractivity contribution in [2.24, 2.45) is 0 Å². The highest BCUT2D eigenvalue weighted by molar-refractivity contribution is 5.50. The summed E-state index contributed by atoms with van der Waals surface area (Å²) in [6, 6.07) is 7.83. The summed E-state index contributed by atoms with van der Waals surface area (Å²) in [7, 11) is 0. The second-order valence-corrected chi connectivity index (χ2v) is 5.35. The van der Waals surface area contributed by atoms with Crippen LogP contribution in [0.2, 0.25) is 0 Å². The SMILES string of the molecule is CC(C)(NC=O)c1ccc(C(C)(C)NC=O)cc1. The fourth-order valence-electron chi connectivity index (χ4n) is 1.76. The average molecular weight is 248 g/mol. The van der Waals surface area contributed by atoms with Crippen LogP contribution in [0.3, 0.4) is 0 Å². The third-order valence-electron chi connectivity index (χ3n) is 3.17. The van der Waals surface area contributed by atoms with Crippen LogP contribution in [0.15, 0.2) is 24.3 Å². The smallest absolute Gasteiger partial charge is 0.207 e. The van der Waals surface area contributed by atoms with E-state index in [1.165, 1.54) is 0 Å². The van der Waals surface area contributed by atoms with Crippen LogP contribution in [0.4, 0.5) is 0 Å². The van der Waals surface area contributed by atoms with Gasteiger partial charge in [0.1, 0.15) is 0 Å². The van der Waals surface area contributed by atoms with E-state index < -0.39 is 11.1 Å². The van der Waals surface area contributed by atoms with Crippen molar-refractivity contribution in [3.63, 3.8) is 0 Å². The van der Waals surface area contributed by atoms with Gasteiger partial charge in [-0.3, -0.25) is 9.59 Å². The minimum absolute atomic E-state index is 0.400. The molecule has 0 aliphatic rings. The Kier molecular flexibility index (Phi) is 4.11. The normalized spacial score (nSPS) is 11.8. The second-order valence-electron chi connectivity index (χ2n) is 5.35. The van der Waals surface area contributed by atoms with Crippen LogP contribution in [0.25, 0.3) is 0 Å². The standard InChI is InChI=1S/C14H20N2O2/c1-13(2,15-9-17)11-5-7-12(8-6-11)14(3,4)16-10-18/h5-10H,1-4H3,(H,15,17)(H,16,18). The Balaban J connectivity index is 2.99. The molecule has 98 valence electrons. The number of amides is 2. The largest absolute Gasteiger partial charge is 0.350 e. The van der Waals surface area contributed by atoms with E-state index in [0.717, 1.165) is 11.1 Å². The lowest BCUT2D eigenvalue weighted by molar-refractivity contribution is -0.111. The molecule has 0 bridgehead atoms. The van der Waals surface area contributed by atoms with Gasteiger partial charge < -0.3 is 10.6 Å². The molecule has 18 heavy (non-hydrogen) atoms. The number of benzene rings is 1. The molecule has 0 fully saturated rings. The first-order chi connectivity index (χ1) is 8.33. The summed E-state index contributed by atoms with van der Waals surface area (Å²) in [6.45, 7) is 7.74. The van der Waals surface area contributed by atoms with E-state index >= 15 is 0 Å². The van der Waals surface area contributed by atoms with Crippen LogP contribution in [0, 0.1) is 0 Å². The molecule has 4 heteroatoms. The van der Waals surface area contributed by atoms with E-state index in [0.29, 0.717) is 12.8 Å². The Labute approximate surface area is 108 Å². The van der Waals surface area contributed by atoms with Crippen LogP contribution in [-0.4, -0.2) is 12.8 Å². The van der Waals surface area contributed by atoms with Crippen molar-refractivity contribution in [1.82, 2.24) is 10.6 Å². The Morgan fingerprint density at radius 3 is 1.28 bits per heavy atom.